The monoisotopic (exact) mass is 257 g/mol. The molecule has 0 radical (unpaired) electrons. The normalized spacial score (nSPS) is 17.4. The number of urea groups is 1. The molecule has 1 aliphatic heterocycles. The highest BCUT2D eigenvalue weighted by Crippen LogP contribution is 2.10. The number of hydrogen-bond acceptors (Lipinski definition) is 3. The maximum absolute atomic E-state index is 11.4. The van der Waals surface area contributed by atoms with E-state index in [0.717, 1.165) is 13.1 Å². The van der Waals surface area contributed by atoms with Crippen LogP contribution < -0.4 is 10.6 Å². The number of nitrogens with zero attached hydrogens (tertiary/aromatic N) is 1. The summed E-state index contributed by atoms with van der Waals surface area (Å²) in [4.78, 5) is 24.1. The van der Waals surface area contributed by atoms with Crippen molar-refractivity contribution < 1.29 is 14.7 Å². The first-order valence-corrected chi connectivity index (χ1v) is 6.57. The predicted octanol–water partition coefficient (Wildman–Crippen LogP) is 0.635. The number of carbonyl (C=O) groups is 2. The molecule has 0 aromatic heterocycles. The van der Waals surface area contributed by atoms with Gasteiger partial charge in [0.1, 0.15) is 0 Å². The number of nitrogens with one attached hydrogen (secondary N) is 2. The SMILES string of the molecule is CC(CNC(=O)NCCCC(=O)O)N1CCCC1. The molecule has 1 unspecified atom stereocenters. The average molecular weight is 257 g/mol. The van der Waals surface area contributed by atoms with Crippen LogP contribution in [0.4, 0.5) is 4.79 Å². The van der Waals surface area contributed by atoms with Gasteiger partial charge in [0.2, 0.25) is 0 Å². The Balaban J connectivity index is 2.03. The first-order chi connectivity index (χ1) is 8.59. The minimum atomic E-state index is -0.833. The fourth-order valence-electron chi connectivity index (χ4n) is 2.06. The van der Waals surface area contributed by atoms with Gasteiger partial charge in [-0.25, -0.2) is 4.79 Å². The van der Waals surface area contributed by atoms with Gasteiger partial charge in [-0.05, 0) is 39.3 Å². The minimum Gasteiger partial charge on any atom is -0.481 e. The van der Waals surface area contributed by atoms with Crippen LogP contribution in [0.5, 0.6) is 0 Å². The molecule has 1 fully saturated rings. The maximum atomic E-state index is 11.4. The number of carboxylic acid groups (broad SMARTS) is 1. The second-order valence-corrected chi connectivity index (χ2v) is 4.73. The Bertz CT molecular complexity index is 278. The second kappa shape index (κ2) is 7.92. The van der Waals surface area contributed by atoms with Crippen molar-refractivity contribution in [3.05, 3.63) is 0 Å². The molecule has 0 aromatic rings. The largest absolute Gasteiger partial charge is 0.481 e. The van der Waals surface area contributed by atoms with Gasteiger partial charge in [0.05, 0.1) is 0 Å². The van der Waals surface area contributed by atoms with E-state index in [0.29, 0.717) is 25.6 Å². The molecular weight excluding hydrogens is 234 g/mol. The lowest BCUT2D eigenvalue weighted by atomic mass is 10.3. The van der Waals surface area contributed by atoms with Crippen LogP contribution in [-0.4, -0.2) is 54.2 Å². The van der Waals surface area contributed by atoms with Crippen LogP contribution in [0.1, 0.15) is 32.6 Å². The Labute approximate surface area is 108 Å². The zero-order valence-corrected chi connectivity index (χ0v) is 10.9. The van der Waals surface area contributed by atoms with Crippen molar-refractivity contribution in [2.75, 3.05) is 26.2 Å². The van der Waals surface area contributed by atoms with E-state index in [1.54, 1.807) is 0 Å². The first-order valence-electron chi connectivity index (χ1n) is 6.57. The number of aliphatic carboxylic acids is 1. The maximum Gasteiger partial charge on any atom is 0.314 e. The van der Waals surface area contributed by atoms with Crippen molar-refractivity contribution in [3.63, 3.8) is 0 Å². The number of rotatable bonds is 7. The lowest BCUT2D eigenvalue weighted by Gasteiger charge is -2.23. The fraction of sp³-hybridized carbons (Fsp3) is 0.833. The summed E-state index contributed by atoms with van der Waals surface area (Å²) in [5.74, 6) is -0.833. The molecule has 1 saturated heterocycles. The van der Waals surface area contributed by atoms with E-state index in [4.69, 9.17) is 5.11 Å². The third-order valence-corrected chi connectivity index (χ3v) is 3.18. The third kappa shape index (κ3) is 5.86. The van der Waals surface area contributed by atoms with Crippen LogP contribution in [0.2, 0.25) is 0 Å². The lowest BCUT2D eigenvalue weighted by Crippen LogP contribution is -2.44. The van der Waals surface area contributed by atoms with E-state index in [2.05, 4.69) is 22.5 Å². The Hall–Kier alpha value is -1.30. The van der Waals surface area contributed by atoms with Crippen LogP contribution in [0.3, 0.4) is 0 Å². The Morgan fingerprint density at radius 3 is 2.56 bits per heavy atom. The highest BCUT2D eigenvalue weighted by Gasteiger charge is 2.18. The summed E-state index contributed by atoms with van der Waals surface area (Å²) in [6.07, 6.45) is 3.03. The summed E-state index contributed by atoms with van der Waals surface area (Å²) in [5, 5.41) is 13.9. The molecule has 104 valence electrons. The van der Waals surface area contributed by atoms with Crippen LogP contribution in [0, 0.1) is 0 Å². The number of amides is 2. The zero-order chi connectivity index (χ0) is 13.4. The van der Waals surface area contributed by atoms with Crippen LogP contribution in [0.15, 0.2) is 0 Å². The molecule has 6 nitrogen and oxygen atoms in total. The molecule has 2 amide bonds. The van der Waals surface area contributed by atoms with Gasteiger partial charge < -0.3 is 15.7 Å². The summed E-state index contributed by atoms with van der Waals surface area (Å²) in [6.45, 7) is 5.36. The van der Waals surface area contributed by atoms with Gasteiger partial charge in [-0.1, -0.05) is 0 Å². The summed E-state index contributed by atoms with van der Waals surface area (Å²) in [7, 11) is 0. The van der Waals surface area contributed by atoms with E-state index in [-0.39, 0.29) is 12.5 Å². The van der Waals surface area contributed by atoms with Gasteiger partial charge in [0, 0.05) is 25.6 Å². The van der Waals surface area contributed by atoms with Crippen molar-refractivity contribution in [2.45, 2.75) is 38.6 Å². The Morgan fingerprint density at radius 1 is 1.28 bits per heavy atom. The molecule has 0 bridgehead atoms. The van der Waals surface area contributed by atoms with E-state index in [9.17, 15) is 9.59 Å². The number of likely N-dealkylation sites (tertiary alicyclic amines) is 1. The molecular formula is C12H23N3O3. The molecule has 1 heterocycles. The average Bonchev–Trinajstić information content (AvgIpc) is 2.85. The van der Waals surface area contributed by atoms with E-state index in [1.165, 1.54) is 12.8 Å². The van der Waals surface area contributed by atoms with Gasteiger partial charge in [0.25, 0.3) is 0 Å². The summed E-state index contributed by atoms with van der Waals surface area (Å²) in [6, 6.07) is 0.142. The molecule has 1 rings (SSSR count). The smallest absolute Gasteiger partial charge is 0.314 e. The Morgan fingerprint density at radius 2 is 1.94 bits per heavy atom. The van der Waals surface area contributed by atoms with E-state index in [1.807, 2.05) is 0 Å². The first kappa shape index (κ1) is 14.8. The van der Waals surface area contributed by atoms with Crippen molar-refractivity contribution in [1.29, 1.82) is 0 Å². The number of hydrogen-bond donors (Lipinski definition) is 3. The van der Waals surface area contributed by atoms with Gasteiger partial charge in [-0.15, -0.1) is 0 Å². The van der Waals surface area contributed by atoms with Crippen LogP contribution >= 0.6 is 0 Å². The summed E-state index contributed by atoms with van der Waals surface area (Å²) in [5.41, 5.74) is 0. The molecule has 0 spiro atoms. The van der Waals surface area contributed by atoms with Crippen molar-refractivity contribution in [3.8, 4) is 0 Å². The van der Waals surface area contributed by atoms with Crippen LogP contribution in [0.25, 0.3) is 0 Å². The zero-order valence-electron chi connectivity index (χ0n) is 10.9. The molecule has 3 N–H and O–H groups in total. The highest BCUT2D eigenvalue weighted by atomic mass is 16.4. The second-order valence-electron chi connectivity index (χ2n) is 4.73. The minimum absolute atomic E-state index is 0.0878. The molecule has 1 atom stereocenters. The molecule has 18 heavy (non-hydrogen) atoms. The standard InChI is InChI=1S/C12H23N3O3/c1-10(15-7-2-3-8-15)9-14-12(18)13-6-4-5-11(16)17/h10H,2-9H2,1H3,(H,16,17)(H2,13,14,18). The molecule has 6 heteroatoms. The van der Waals surface area contributed by atoms with Gasteiger partial charge in [-0.3, -0.25) is 9.69 Å². The van der Waals surface area contributed by atoms with Crippen LogP contribution in [-0.2, 0) is 4.79 Å². The van der Waals surface area contributed by atoms with Crippen molar-refractivity contribution in [1.82, 2.24) is 15.5 Å². The van der Waals surface area contributed by atoms with Crippen molar-refractivity contribution >= 4 is 12.0 Å². The van der Waals surface area contributed by atoms with Gasteiger partial charge in [-0.2, -0.15) is 0 Å². The third-order valence-electron chi connectivity index (χ3n) is 3.18. The topological polar surface area (TPSA) is 81.7 Å². The fourth-order valence-corrected chi connectivity index (χ4v) is 2.06. The molecule has 0 saturated carbocycles. The highest BCUT2D eigenvalue weighted by molar-refractivity contribution is 5.73. The Kier molecular flexibility index (Phi) is 6.49. The quantitative estimate of drug-likeness (QED) is 0.584. The lowest BCUT2D eigenvalue weighted by molar-refractivity contribution is -0.137. The van der Waals surface area contributed by atoms with E-state index >= 15 is 0 Å². The van der Waals surface area contributed by atoms with E-state index < -0.39 is 5.97 Å². The predicted molar refractivity (Wildman–Crippen MR) is 68.5 cm³/mol. The molecule has 0 aliphatic carbocycles. The van der Waals surface area contributed by atoms with Crippen molar-refractivity contribution in [2.24, 2.45) is 0 Å². The molecule has 0 aromatic carbocycles. The number of carboxylic acids is 1. The summed E-state index contributed by atoms with van der Waals surface area (Å²) >= 11 is 0. The summed E-state index contributed by atoms with van der Waals surface area (Å²) < 4.78 is 0. The number of carbonyl (C=O) groups excluding carboxylic acids is 1. The van der Waals surface area contributed by atoms with Gasteiger partial charge in [0.15, 0.2) is 0 Å². The molecule has 1 aliphatic rings. The van der Waals surface area contributed by atoms with Gasteiger partial charge >= 0.3 is 12.0 Å².